The molecule has 0 aromatic carbocycles. The summed E-state index contributed by atoms with van der Waals surface area (Å²) in [5.74, 6) is 5.81. The Morgan fingerprint density at radius 1 is 1.10 bits per heavy atom. The van der Waals surface area contributed by atoms with Crippen molar-refractivity contribution in [1.29, 1.82) is 5.26 Å². The van der Waals surface area contributed by atoms with Crippen LogP contribution in [0.3, 0.4) is 0 Å². The summed E-state index contributed by atoms with van der Waals surface area (Å²) in [6.45, 7) is 8.57. The number of likely N-dealkylation sites (tertiary alicyclic amines) is 1. The third kappa shape index (κ3) is 7.87. The van der Waals surface area contributed by atoms with E-state index in [9.17, 15) is 18.4 Å². The summed E-state index contributed by atoms with van der Waals surface area (Å²) in [5.41, 5.74) is 1.94. The van der Waals surface area contributed by atoms with Gasteiger partial charge in [-0.15, -0.1) is 0 Å². The number of aromatic nitrogens is 3. The predicted octanol–water partition coefficient (Wildman–Crippen LogP) is 5.79. The fraction of sp³-hybridized carbons (Fsp3) is 0.483. The number of alkyl halides is 3. The maximum Gasteiger partial charge on any atom is 0.406 e. The molecule has 1 aliphatic heterocycles. The summed E-state index contributed by atoms with van der Waals surface area (Å²) in [6, 6.07) is 9.52. The van der Waals surface area contributed by atoms with Gasteiger partial charge in [0.25, 0.3) is 0 Å². The molecule has 1 saturated heterocycles. The van der Waals surface area contributed by atoms with Gasteiger partial charge in [0.2, 0.25) is 0 Å². The number of piperidine rings is 1. The molecule has 10 heteroatoms. The summed E-state index contributed by atoms with van der Waals surface area (Å²) in [6.07, 6.45) is 0.666. The van der Waals surface area contributed by atoms with E-state index in [4.69, 9.17) is 0 Å². The standard InChI is InChI=1S/C27H30F3N7.C2H6/c1-26(2,17-31)24-7-6-20(16-34-24)32-11-4-5-21-15-22-23(35-19-9-13-36(3)14-10-19)8-12-33-25(22)37(21)18-27(28,29)30;1-2/h6-8,12,15-16,19,32H,9-11,13-14,18H2,1-3H3,(H,33,35);1-2H3. The lowest BCUT2D eigenvalue weighted by Crippen LogP contribution is -2.36. The van der Waals surface area contributed by atoms with Crippen LogP contribution >= 0.6 is 0 Å². The van der Waals surface area contributed by atoms with Gasteiger partial charge in [0.1, 0.15) is 12.2 Å². The minimum absolute atomic E-state index is 0.213. The first-order valence-corrected chi connectivity index (χ1v) is 13.2. The number of fused-ring (bicyclic) bond motifs is 1. The highest BCUT2D eigenvalue weighted by Crippen LogP contribution is 2.30. The number of hydrogen-bond donors (Lipinski definition) is 2. The Morgan fingerprint density at radius 2 is 1.82 bits per heavy atom. The van der Waals surface area contributed by atoms with Crippen molar-refractivity contribution in [2.24, 2.45) is 0 Å². The van der Waals surface area contributed by atoms with Crippen LogP contribution < -0.4 is 10.6 Å². The van der Waals surface area contributed by atoms with Crippen LogP contribution in [-0.2, 0) is 12.0 Å². The second kappa shape index (κ2) is 12.9. The Kier molecular flexibility index (Phi) is 9.82. The van der Waals surface area contributed by atoms with Crippen molar-refractivity contribution in [2.75, 3.05) is 37.3 Å². The Morgan fingerprint density at radius 3 is 2.44 bits per heavy atom. The zero-order valence-corrected chi connectivity index (χ0v) is 23.2. The molecule has 0 bridgehead atoms. The number of hydrogen-bond acceptors (Lipinski definition) is 6. The van der Waals surface area contributed by atoms with Crippen molar-refractivity contribution >= 4 is 22.4 Å². The molecule has 7 nitrogen and oxygen atoms in total. The summed E-state index contributed by atoms with van der Waals surface area (Å²) in [7, 11) is 2.08. The van der Waals surface area contributed by atoms with Gasteiger partial charge in [-0.05, 0) is 77.0 Å². The van der Waals surface area contributed by atoms with Crippen LogP contribution in [0.2, 0.25) is 0 Å². The summed E-state index contributed by atoms with van der Waals surface area (Å²) in [4.78, 5) is 10.8. The predicted molar refractivity (Wildman–Crippen MR) is 150 cm³/mol. The highest BCUT2D eigenvalue weighted by atomic mass is 19.4. The first-order chi connectivity index (χ1) is 18.6. The minimum Gasteiger partial charge on any atom is -0.382 e. The van der Waals surface area contributed by atoms with Crippen LogP contribution in [0.5, 0.6) is 0 Å². The first kappa shape index (κ1) is 29.8. The number of halogens is 3. The van der Waals surface area contributed by atoms with Gasteiger partial charge in [-0.3, -0.25) is 4.98 Å². The average molecular weight is 540 g/mol. The fourth-order valence-electron chi connectivity index (χ4n) is 4.30. The topological polar surface area (TPSA) is 81.8 Å². The number of anilines is 2. The van der Waals surface area contributed by atoms with Gasteiger partial charge < -0.3 is 20.1 Å². The van der Waals surface area contributed by atoms with Gasteiger partial charge in [-0.25, -0.2) is 4.98 Å². The molecule has 0 aliphatic carbocycles. The molecular formula is C29H36F3N7. The maximum atomic E-state index is 13.4. The maximum absolute atomic E-state index is 13.4. The lowest BCUT2D eigenvalue weighted by molar-refractivity contribution is -0.140. The number of pyridine rings is 2. The molecule has 39 heavy (non-hydrogen) atoms. The molecule has 208 valence electrons. The Labute approximate surface area is 228 Å². The van der Waals surface area contributed by atoms with Gasteiger partial charge in [0, 0.05) is 23.3 Å². The summed E-state index contributed by atoms with van der Waals surface area (Å²) >= 11 is 0. The van der Waals surface area contributed by atoms with Crippen LogP contribution in [0.15, 0.2) is 36.7 Å². The second-order valence-corrected chi connectivity index (χ2v) is 9.87. The Bertz CT molecular complexity index is 1330. The quantitative estimate of drug-likeness (QED) is 0.386. The molecular weight excluding hydrogens is 503 g/mol. The Balaban J connectivity index is 0.00000205. The number of rotatable bonds is 6. The van der Waals surface area contributed by atoms with Crippen molar-refractivity contribution in [3.63, 3.8) is 0 Å². The van der Waals surface area contributed by atoms with Crippen molar-refractivity contribution in [2.45, 2.75) is 64.7 Å². The van der Waals surface area contributed by atoms with E-state index in [1.807, 2.05) is 19.9 Å². The largest absolute Gasteiger partial charge is 0.406 e. The molecule has 2 N–H and O–H groups in total. The molecule has 0 radical (unpaired) electrons. The molecule has 0 saturated carbocycles. The van der Waals surface area contributed by atoms with Crippen LogP contribution in [0.4, 0.5) is 24.5 Å². The van der Waals surface area contributed by atoms with E-state index in [2.05, 4.69) is 50.5 Å². The van der Waals surface area contributed by atoms with E-state index in [1.54, 1.807) is 38.2 Å². The van der Waals surface area contributed by atoms with Crippen molar-refractivity contribution in [3.8, 4) is 17.9 Å². The molecule has 4 rings (SSSR count). The van der Waals surface area contributed by atoms with Gasteiger partial charge in [-0.2, -0.15) is 18.4 Å². The first-order valence-electron chi connectivity index (χ1n) is 13.2. The number of nitrogens with one attached hydrogen (secondary N) is 2. The normalized spacial score (nSPS) is 14.5. The van der Waals surface area contributed by atoms with Crippen LogP contribution in [0.1, 0.15) is 51.9 Å². The molecule has 4 heterocycles. The zero-order chi connectivity index (χ0) is 28.6. The third-order valence-corrected chi connectivity index (χ3v) is 6.49. The molecule has 3 aromatic heterocycles. The van der Waals surface area contributed by atoms with Gasteiger partial charge in [0.05, 0.1) is 41.3 Å². The zero-order valence-electron chi connectivity index (χ0n) is 23.2. The molecule has 1 fully saturated rings. The third-order valence-electron chi connectivity index (χ3n) is 6.49. The molecule has 0 unspecified atom stereocenters. The average Bonchev–Trinajstić information content (AvgIpc) is 3.26. The highest BCUT2D eigenvalue weighted by molar-refractivity contribution is 5.91. The van der Waals surface area contributed by atoms with Crippen molar-refractivity contribution in [3.05, 3.63) is 48.0 Å². The molecule has 3 aromatic rings. The van der Waals surface area contributed by atoms with Crippen LogP contribution in [0, 0.1) is 23.2 Å². The lowest BCUT2D eigenvalue weighted by Gasteiger charge is -2.30. The fourth-order valence-corrected chi connectivity index (χ4v) is 4.30. The Hall–Kier alpha value is -3.76. The van der Waals surface area contributed by atoms with Crippen LogP contribution in [0.25, 0.3) is 11.0 Å². The van der Waals surface area contributed by atoms with E-state index < -0.39 is 18.1 Å². The van der Waals surface area contributed by atoms with Crippen molar-refractivity contribution in [1.82, 2.24) is 19.4 Å². The van der Waals surface area contributed by atoms with E-state index in [0.29, 0.717) is 16.8 Å². The molecule has 0 atom stereocenters. The van der Waals surface area contributed by atoms with Crippen LogP contribution in [-0.4, -0.2) is 58.3 Å². The summed E-state index contributed by atoms with van der Waals surface area (Å²) in [5, 5.41) is 16.5. The number of nitriles is 1. The van der Waals surface area contributed by atoms with E-state index >= 15 is 0 Å². The van der Waals surface area contributed by atoms with Gasteiger partial charge in [-0.1, -0.05) is 19.8 Å². The van der Waals surface area contributed by atoms with E-state index in [-0.39, 0.29) is 23.9 Å². The minimum atomic E-state index is -4.41. The SMILES string of the molecule is CC.CN1CCC(Nc2ccnc3c2cc(C#CCNc2ccc(C(C)(C)C#N)nc2)n3CC(F)(F)F)CC1. The molecule has 0 spiro atoms. The van der Waals surface area contributed by atoms with E-state index in [0.717, 1.165) is 36.2 Å². The van der Waals surface area contributed by atoms with Gasteiger partial charge >= 0.3 is 6.18 Å². The smallest absolute Gasteiger partial charge is 0.382 e. The second-order valence-electron chi connectivity index (χ2n) is 9.87. The van der Waals surface area contributed by atoms with Crippen molar-refractivity contribution < 1.29 is 13.2 Å². The summed E-state index contributed by atoms with van der Waals surface area (Å²) < 4.78 is 41.4. The van der Waals surface area contributed by atoms with Gasteiger partial charge in [0.15, 0.2) is 0 Å². The lowest BCUT2D eigenvalue weighted by atomic mass is 9.91. The number of nitrogens with zero attached hydrogens (tertiary/aromatic N) is 5. The highest BCUT2D eigenvalue weighted by Gasteiger charge is 2.30. The molecule has 0 amide bonds. The molecule has 1 aliphatic rings. The monoisotopic (exact) mass is 539 g/mol. The van der Waals surface area contributed by atoms with E-state index in [1.165, 1.54) is 6.20 Å².